The molecule has 0 unspecified atom stereocenters. The van der Waals surface area contributed by atoms with E-state index in [0.717, 1.165) is 54.9 Å². The summed E-state index contributed by atoms with van der Waals surface area (Å²) in [6.45, 7) is 0. The minimum Gasteiger partial charge on any atom is -0.361 e. The molecule has 0 amide bonds. The van der Waals surface area contributed by atoms with Crippen LogP contribution in [-0.2, 0) is 20.8 Å². The first kappa shape index (κ1) is 29.3. The number of hydrogen-bond donors (Lipinski definition) is 2. The van der Waals surface area contributed by atoms with E-state index in [1.807, 2.05) is 24.3 Å². The zero-order chi connectivity index (χ0) is 35.0. The van der Waals surface area contributed by atoms with Crippen LogP contribution < -0.4 is 8.37 Å². The minimum atomic E-state index is -4.99. The molecule has 254 valence electrons. The fourth-order valence-electron chi connectivity index (χ4n) is 10.7. The normalized spacial score (nSPS) is 21.0. The monoisotopic (exact) mass is 722 g/mol. The second kappa shape index (κ2) is 9.39. The van der Waals surface area contributed by atoms with Crippen LogP contribution in [0.4, 0.5) is 0 Å². The lowest BCUT2D eigenvalue weighted by molar-refractivity contribution is 0.375. The van der Waals surface area contributed by atoms with Crippen LogP contribution in [0.3, 0.4) is 0 Å². The fourth-order valence-corrected chi connectivity index (χ4v) is 11.5. The molecule has 0 spiro atoms. The molecule has 4 atom stereocenters. The fraction of sp³-hybridized carbons (Fsp3) is 0.143. The van der Waals surface area contributed by atoms with Crippen molar-refractivity contribution < 1.29 is 34.3 Å². The van der Waals surface area contributed by atoms with Crippen LogP contribution in [0.15, 0.2) is 97.1 Å². The smallest absolute Gasteiger partial charge is 0.361 e. The molecule has 5 aliphatic carbocycles. The van der Waals surface area contributed by atoms with Crippen LogP contribution in [-0.4, -0.2) is 25.9 Å². The summed E-state index contributed by atoms with van der Waals surface area (Å²) in [7, 11) is -9.97. The lowest BCUT2D eigenvalue weighted by Crippen LogP contribution is -2.19. The van der Waals surface area contributed by atoms with Gasteiger partial charge in [0.25, 0.3) is 0 Å². The highest BCUT2D eigenvalue weighted by Crippen LogP contribution is 2.70. The second-order valence-corrected chi connectivity index (χ2v) is 16.8. The van der Waals surface area contributed by atoms with E-state index in [0.29, 0.717) is 35.1 Å². The highest BCUT2D eigenvalue weighted by atomic mass is 32.3. The van der Waals surface area contributed by atoms with Crippen molar-refractivity contribution in [2.45, 2.75) is 36.5 Å². The van der Waals surface area contributed by atoms with Gasteiger partial charge in [0.05, 0.1) is 0 Å². The van der Waals surface area contributed by atoms with E-state index in [1.165, 1.54) is 21.9 Å². The average Bonchev–Trinajstić information content (AvgIpc) is 3.92. The van der Waals surface area contributed by atoms with Gasteiger partial charge >= 0.3 is 20.8 Å². The summed E-state index contributed by atoms with van der Waals surface area (Å²) in [4.78, 5) is 0. The maximum Gasteiger partial charge on any atom is 0.446 e. The molecule has 4 bridgehead atoms. The Balaban J connectivity index is 1.11. The Labute approximate surface area is 298 Å². The maximum absolute atomic E-state index is 12.6. The summed E-state index contributed by atoms with van der Waals surface area (Å²) in [6, 6.07) is 33.6. The quantitative estimate of drug-likeness (QED) is 0.172. The predicted octanol–water partition coefficient (Wildman–Crippen LogP) is 9.12. The summed E-state index contributed by atoms with van der Waals surface area (Å²) in [5.74, 6) is -1.34. The van der Waals surface area contributed by atoms with Crippen molar-refractivity contribution in [1.82, 2.24) is 0 Å². The van der Waals surface area contributed by atoms with Crippen molar-refractivity contribution in [1.29, 1.82) is 0 Å². The van der Waals surface area contributed by atoms with Crippen LogP contribution >= 0.6 is 0 Å². The Morgan fingerprint density at radius 3 is 1.19 bits per heavy atom. The lowest BCUT2D eigenvalue weighted by Gasteiger charge is -2.30. The molecule has 0 fully saturated rings. The highest BCUT2D eigenvalue weighted by Gasteiger charge is 2.54. The van der Waals surface area contributed by atoms with Gasteiger partial charge in [-0.25, -0.2) is 0 Å². The van der Waals surface area contributed by atoms with Gasteiger partial charge in [-0.15, -0.1) is 0 Å². The summed E-state index contributed by atoms with van der Waals surface area (Å²) in [6.07, 6.45) is 1.07. The van der Waals surface area contributed by atoms with Crippen LogP contribution in [0.1, 0.15) is 81.0 Å². The first-order chi connectivity index (χ1) is 25.0. The molecule has 8 nitrogen and oxygen atoms in total. The Bertz CT molecular complexity index is 2910. The summed E-state index contributed by atoms with van der Waals surface area (Å²) in [5, 5.41) is 6.52. The van der Waals surface area contributed by atoms with E-state index < -0.39 is 20.8 Å². The molecular weight excluding hydrogens is 697 g/mol. The maximum atomic E-state index is 12.6. The third kappa shape index (κ3) is 3.72. The average molecular weight is 723 g/mol. The molecule has 0 saturated carbocycles. The van der Waals surface area contributed by atoms with Gasteiger partial charge in [0.2, 0.25) is 0 Å². The molecule has 2 N–H and O–H groups in total. The van der Waals surface area contributed by atoms with Gasteiger partial charge in [-0.05, 0) is 102 Å². The van der Waals surface area contributed by atoms with Crippen molar-refractivity contribution in [3.63, 3.8) is 0 Å². The van der Waals surface area contributed by atoms with Gasteiger partial charge in [-0.1, -0.05) is 84.9 Å². The number of hydrogen-bond acceptors (Lipinski definition) is 6. The first-order valence-corrected chi connectivity index (χ1v) is 20.0. The molecule has 0 heterocycles. The van der Waals surface area contributed by atoms with E-state index in [4.69, 9.17) is 8.37 Å². The van der Waals surface area contributed by atoms with Crippen LogP contribution in [0.5, 0.6) is 11.5 Å². The van der Waals surface area contributed by atoms with Crippen molar-refractivity contribution in [2.24, 2.45) is 0 Å². The van der Waals surface area contributed by atoms with Crippen molar-refractivity contribution in [3.8, 4) is 33.8 Å². The number of fused-ring (bicyclic) bond motifs is 21. The van der Waals surface area contributed by atoms with Gasteiger partial charge in [-0.2, -0.15) is 16.8 Å². The number of rotatable bonds is 4. The van der Waals surface area contributed by atoms with Gasteiger partial charge in [0.15, 0.2) is 11.5 Å². The van der Waals surface area contributed by atoms with Crippen molar-refractivity contribution in [2.75, 3.05) is 0 Å². The Morgan fingerprint density at radius 1 is 0.442 bits per heavy atom. The zero-order valence-electron chi connectivity index (χ0n) is 27.1. The van der Waals surface area contributed by atoms with Crippen molar-refractivity contribution >= 4 is 53.1 Å². The molecule has 0 radical (unpaired) electrons. The van der Waals surface area contributed by atoms with Gasteiger partial charge in [0.1, 0.15) is 0 Å². The van der Waals surface area contributed by atoms with E-state index in [9.17, 15) is 25.9 Å². The predicted molar refractivity (Wildman–Crippen MR) is 197 cm³/mol. The molecule has 7 aromatic rings. The Hall–Kier alpha value is -5.26. The van der Waals surface area contributed by atoms with E-state index in [1.54, 1.807) is 0 Å². The number of benzene rings is 7. The zero-order valence-corrected chi connectivity index (χ0v) is 28.8. The van der Waals surface area contributed by atoms with Crippen LogP contribution in [0, 0.1) is 0 Å². The molecule has 10 heteroatoms. The molecule has 0 aromatic heterocycles. The van der Waals surface area contributed by atoms with Crippen LogP contribution in [0.2, 0.25) is 0 Å². The summed E-state index contributed by atoms with van der Waals surface area (Å²) in [5.41, 5.74) is 10.6. The Kier molecular flexibility index (Phi) is 5.30. The molecule has 0 saturated heterocycles. The first-order valence-electron chi connectivity index (χ1n) is 17.2. The van der Waals surface area contributed by atoms with Gasteiger partial charge in [-0.3, -0.25) is 9.11 Å². The largest absolute Gasteiger partial charge is 0.446 e. The summed E-state index contributed by atoms with van der Waals surface area (Å²) >= 11 is 0. The van der Waals surface area contributed by atoms with E-state index >= 15 is 0 Å². The van der Waals surface area contributed by atoms with Crippen molar-refractivity contribution in [3.05, 3.63) is 142 Å². The molecular formula is C42H26O8S2. The van der Waals surface area contributed by atoms with Gasteiger partial charge in [0, 0.05) is 45.9 Å². The second-order valence-electron chi connectivity index (χ2n) is 14.8. The highest BCUT2D eigenvalue weighted by molar-refractivity contribution is 7.81. The third-order valence-corrected chi connectivity index (χ3v) is 13.1. The molecule has 5 aliphatic rings. The summed E-state index contributed by atoms with van der Waals surface area (Å²) < 4.78 is 82.0. The third-order valence-electron chi connectivity index (χ3n) is 12.4. The molecule has 12 rings (SSSR count). The molecule has 0 aliphatic heterocycles. The Morgan fingerprint density at radius 2 is 0.808 bits per heavy atom. The minimum absolute atomic E-state index is 0.0378. The molecule has 7 aromatic carbocycles. The van der Waals surface area contributed by atoms with Gasteiger partial charge < -0.3 is 8.37 Å². The van der Waals surface area contributed by atoms with E-state index in [-0.39, 0.29) is 35.2 Å². The topological polar surface area (TPSA) is 127 Å². The standard InChI is InChI=1S/C42H26O8S2/c43-51(44,45)49-41-37-32-17-33(29-12-21-6-2-1-5-20(21)11-28(29)32)38(37)42(50-52(46,47)48)40-35-18-34(39(40)41)30-15-22-13-26-24-9-3-7-19-8-4-10-25(36(19)24)27(26)14-23(22)16-31(30)35/h1-16,32-35H,17-18H2,(H,43,44,45)(H,46,47,48)/t32-,33+,34+,35-. The lowest BCUT2D eigenvalue weighted by atomic mass is 9.76. The van der Waals surface area contributed by atoms with E-state index in [2.05, 4.69) is 72.8 Å². The van der Waals surface area contributed by atoms with Crippen LogP contribution in [0.25, 0.3) is 54.6 Å². The SMILES string of the molecule is O=S(=O)(O)Oc1c2c(c(OS(=O)(=O)O)c3c1[C@H]1C[C@@H]3c3cc4ccccc4cc31)[C@H]1C[C@@H]2c2cc3cc4c(cc3cc21)-c1cccc2cccc-4c12. The molecule has 52 heavy (non-hydrogen) atoms.